The molecule has 0 aromatic carbocycles. The molecule has 0 bridgehead atoms. The maximum Gasteiger partial charge on any atom is 0.318 e. The molecule has 0 radical (unpaired) electrons. The van der Waals surface area contributed by atoms with Gasteiger partial charge in [0.1, 0.15) is 0 Å². The number of amides is 3. The van der Waals surface area contributed by atoms with Crippen molar-refractivity contribution in [2.75, 3.05) is 18.1 Å². The fourth-order valence-corrected chi connectivity index (χ4v) is 1.19. The van der Waals surface area contributed by atoms with Crippen LogP contribution in [-0.4, -0.2) is 35.2 Å². The van der Waals surface area contributed by atoms with E-state index in [1.165, 1.54) is 11.8 Å². The first-order valence-electron chi connectivity index (χ1n) is 3.44. The van der Waals surface area contributed by atoms with Crippen LogP contribution in [0.5, 0.6) is 0 Å². The summed E-state index contributed by atoms with van der Waals surface area (Å²) in [5.74, 6) is 0.803. The third kappa shape index (κ3) is 7.36. The SMILES string of the molecule is NC(=O)NC(=O)CCSCCO. The van der Waals surface area contributed by atoms with E-state index in [0.717, 1.165) is 0 Å². The lowest BCUT2D eigenvalue weighted by atomic mass is 10.4. The van der Waals surface area contributed by atoms with Crippen LogP contribution in [-0.2, 0) is 4.79 Å². The number of urea groups is 1. The van der Waals surface area contributed by atoms with Crippen molar-refractivity contribution in [2.45, 2.75) is 6.42 Å². The van der Waals surface area contributed by atoms with Gasteiger partial charge in [0.2, 0.25) is 5.91 Å². The van der Waals surface area contributed by atoms with Crippen molar-refractivity contribution in [3.63, 3.8) is 0 Å². The predicted molar refractivity (Wildman–Crippen MR) is 46.8 cm³/mol. The molecule has 0 aliphatic heterocycles. The van der Waals surface area contributed by atoms with Crippen LogP contribution in [0.15, 0.2) is 0 Å². The average molecular weight is 192 g/mol. The van der Waals surface area contributed by atoms with Gasteiger partial charge in [0.05, 0.1) is 6.61 Å². The summed E-state index contributed by atoms with van der Waals surface area (Å²) in [5, 5.41) is 10.3. The molecule has 0 fully saturated rings. The fourth-order valence-electron chi connectivity index (χ4n) is 0.531. The van der Waals surface area contributed by atoms with E-state index in [0.29, 0.717) is 11.5 Å². The Morgan fingerprint density at radius 1 is 1.42 bits per heavy atom. The molecule has 0 unspecified atom stereocenters. The van der Waals surface area contributed by atoms with E-state index in [2.05, 4.69) is 0 Å². The van der Waals surface area contributed by atoms with Gasteiger partial charge in [0.15, 0.2) is 0 Å². The third-order valence-corrected chi connectivity index (χ3v) is 1.94. The first-order chi connectivity index (χ1) is 5.66. The van der Waals surface area contributed by atoms with Gasteiger partial charge in [-0.2, -0.15) is 11.8 Å². The molecule has 0 rings (SSSR count). The van der Waals surface area contributed by atoms with Crippen LogP contribution in [0.1, 0.15) is 6.42 Å². The summed E-state index contributed by atoms with van der Waals surface area (Å²) in [6, 6.07) is -0.827. The number of hydrogen-bond acceptors (Lipinski definition) is 4. The van der Waals surface area contributed by atoms with Crippen LogP contribution >= 0.6 is 11.8 Å². The van der Waals surface area contributed by atoms with Gasteiger partial charge in [0.25, 0.3) is 0 Å². The second kappa shape index (κ2) is 6.93. The molecule has 70 valence electrons. The number of hydrogen-bond donors (Lipinski definition) is 3. The van der Waals surface area contributed by atoms with Crippen molar-refractivity contribution in [2.24, 2.45) is 5.73 Å². The van der Waals surface area contributed by atoms with Crippen molar-refractivity contribution in [3.05, 3.63) is 0 Å². The Balaban J connectivity index is 3.26. The van der Waals surface area contributed by atoms with Crippen LogP contribution in [0.2, 0.25) is 0 Å². The molecular formula is C6H12N2O3S. The summed E-state index contributed by atoms with van der Waals surface area (Å²) in [5.41, 5.74) is 4.71. The van der Waals surface area contributed by atoms with Gasteiger partial charge in [0, 0.05) is 17.9 Å². The lowest BCUT2D eigenvalue weighted by Crippen LogP contribution is -2.35. The van der Waals surface area contributed by atoms with E-state index < -0.39 is 6.03 Å². The smallest absolute Gasteiger partial charge is 0.318 e. The summed E-state index contributed by atoms with van der Waals surface area (Å²) in [6.45, 7) is 0.0993. The predicted octanol–water partition coefficient (Wildman–Crippen LogP) is -0.703. The normalized spacial score (nSPS) is 9.42. The topological polar surface area (TPSA) is 92.4 Å². The molecule has 12 heavy (non-hydrogen) atoms. The highest BCUT2D eigenvalue weighted by molar-refractivity contribution is 7.99. The first-order valence-corrected chi connectivity index (χ1v) is 4.60. The Morgan fingerprint density at radius 3 is 2.58 bits per heavy atom. The monoisotopic (exact) mass is 192 g/mol. The molecule has 0 aromatic heterocycles. The van der Waals surface area contributed by atoms with Gasteiger partial charge in [-0.3, -0.25) is 10.1 Å². The summed E-state index contributed by atoms with van der Waals surface area (Å²) in [4.78, 5) is 20.9. The molecule has 0 saturated carbocycles. The first kappa shape index (κ1) is 11.2. The zero-order chi connectivity index (χ0) is 9.40. The number of nitrogens with one attached hydrogen (secondary N) is 1. The highest BCUT2D eigenvalue weighted by Gasteiger charge is 2.02. The molecule has 6 heteroatoms. The van der Waals surface area contributed by atoms with Crippen molar-refractivity contribution >= 4 is 23.7 Å². The van der Waals surface area contributed by atoms with Gasteiger partial charge in [-0.1, -0.05) is 0 Å². The summed E-state index contributed by atoms with van der Waals surface area (Å²) in [6.07, 6.45) is 0.244. The van der Waals surface area contributed by atoms with Crippen molar-refractivity contribution < 1.29 is 14.7 Å². The minimum absolute atomic E-state index is 0.0993. The van der Waals surface area contributed by atoms with Gasteiger partial charge >= 0.3 is 6.03 Å². The molecule has 0 aliphatic rings. The molecule has 0 aromatic rings. The van der Waals surface area contributed by atoms with E-state index in [1.54, 1.807) is 0 Å². The molecule has 0 spiro atoms. The fraction of sp³-hybridized carbons (Fsp3) is 0.667. The van der Waals surface area contributed by atoms with E-state index >= 15 is 0 Å². The van der Waals surface area contributed by atoms with Crippen LogP contribution in [0.3, 0.4) is 0 Å². The van der Waals surface area contributed by atoms with E-state index in [1.807, 2.05) is 5.32 Å². The van der Waals surface area contributed by atoms with Crippen LogP contribution in [0.25, 0.3) is 0 Å². The van der Waals surface area contributed by atoms with Crippen LogP contribution in [0.4, 0.5) is 4.79 Å². The standard InChI is InChI=1S/C6H12N2O3S/c7-6(11)8-5(10)1-3-12-4-2-9/h9H,1-4H2,(H3,7,8,10,11). The lowest BCUT2D eigenvalue weighted by Gasteiger charge is -1.99. The number of thioether (sulfide) groups is 1. The quantitative estimate of drug-likeness (QED) is 0.502. The second-order valence-corrected chi connectivity index (χ2v) is 3.22. The van der Waals surface area contributed by atoms with Gasteiger partial charge in [-0.25, -0.2) is 4.79 Å². The highest BCUT2D eigenvalue weighted by Crippen LogP contribution is 2.00. The number of rotatable bonds is 5. The number of primary amides is 1. The number of imide groups is 1. The van der Waals surface area contributed by atoms with Crippen LogP contribution < -0.4 is 11.1 Å². The summed E-state index contributed by atoms with van der Waals surface area (Å²) in [7, 11) is 0. The number of carbonyl (C=O) groups excluding carboxylic acids is 2. The Hall–Kier alpha value is -0.750. The number of carbonyl (C=O) groups is 2. The highest BCUT2D eigenvalue weighted by atomic mass is 32.2. The molecule has 0 aliphatic carbocycles. The van der Waals surface area contributed by atoms with Gasteiger partial charge < -0.3 is 10.8 Å². The van der Waals surface area contributed by atoms with Crippen LogP contribution in [0, 0.1) is 0 Å². The lowest BCUT2D eigenvalue weighted by molar-refractivity contribution is -0.119. The largest absolute Gasteiger partial charge is 0.396 e. The van der Waals surface area contributed by atoms with E-state index in [4.69, 9.17) is 10.8 Å². The van der Waals surface area contributed by atoms with Crippen molar-refractivity contribution in [3.8, 4) is 0 Å². The maximum absolute atomic E-state index is 10.7. The Bertz CT molecular complexity index is 163. The zero-order valence-electron chi connectivity index (χ0n) is 6.58. The molecule has 4 N–H and O–H groups in total. The van der Waals surface area contributed by atoms with E-state index in [-0.39, 0.29) is 18.9 Å². The molecule has 0 atom stereocenters. The number of aliphatic hydroxyl groups excluding tert-OH is 1. The number of nitrogens with two attached hydrogens (primary N) is 1. The van der Waals surface area contributed by atoms with Crippen molar-refractivity contribution in [1.82, 2.24) is 5.32 Å². The Labute approximate surface area is 74.7 Å². The minimum Gasteiger partial charge on any atom is -0.396 e. The third-order valence-electron chi connectivity index (χ3n) is 0.972. The average Bonchev–Trinajstić information content (AvgIpc) is 1.97. The molecular weight excluding hydrogens is 180 g/mol. The Kier molecular flexibility index (Phi) is 6.50. The zero-order valence-corrected chi connectivity index (χ0v) is 7.39. The van der Waals surface area contributed by atoms with Gasteiger partial charge in [-0.15, -0.1) is 0 Å². The van der Waals surface area contributed by atoms with Crippen molar-refractivity contribution in [1.29, 1.82) is 0 Å². The summed E-state index contributed by atoms with van der Waals surface area (Å²) < 4.78 is 0. The molecule has 3 amide bonds. The molecule has 5 nitrogen and oxygen atoms in total. The second-order valence-electron chi connectivity index (χ2n) is 2.00. The Morgan fingerprint density at radius 2 is 2.08 bits per heavy atom. The minimum atomic E-state index is -0.827. The number of aliphatic hydroxyl groups is 1. The molecule has 0 heterocycles. The molecule has 0 saturated heterocycles. The summed E-state index contributed by atoms with van der Waals surface area (Å²) >= 11 is 1.45. The van der Waals surface area contributed by atoms with Gasteiger partial charge in [-0.05, 0) is 0 Å². The maximum atomic E-state index is 10.7. The van der Waals surface area contributed by atoms with E-state index in [9.17, 15) is 9.59 Å².